The van der Waals surface area contributed by atoms with E-state index in [0.29, 0.717) is 17.9 Å². The normalized spacial score (nSPS) is 17.9. The summed E-state index contributed by atoms with van der Waals surface area (Å²) in [6.45, 7) is 2.66. The third kappa shape index (κ3) is 7.33. The summed E-state index contributed by atoms with van der Waals surface area (Å²) in [5, 5.41) is 15.5. The Bertz CT molecular complexity index is 1590. The van der Waals surface area contributed by atoms with Gasteiger partial charge in [-0.3, -0.25) is 24.6 Å². The van der Waals surface area contributed by atoms with Crippen LogP contribution in [-0.4, -0.2) is 56.8 Å². The number of nitrogens with zero attached hydrogens (tertiary/aromatic N) is 4. The predicted octanol–water partition coefficient (Wildman–Crippen LogP) is 4.35. The van der Waals surface area contributed by atoms with Crippen LogP contribution in [0.2, 0.25) is 0 Å². The van der Waals surface area contributed by atoms with Crippen molar-refractivity contribution >= 4 is 34.7 Å². The summed E-state index contributed by atoms with van der Waals surface area (Å²) in [4.78, 5) is 39.5. The molecule has 4 aromatic rings. The van der Waals surface area contributed by atoms with E-state index in [1.165, 1.54) is 33.7 Å². The third-order valence-corrected chi connectivity index (χ3v) is 8.56. The van der Waals surface area contributed by atoms with Crippen molar-refractivity contribution in [2.24, 2.45) is 0 Å². The summed E-state index contributed by atoms with van der Waals surface area (Å²) >= 11 is 1.46. The Morgan fingerprint density at radius 2 is 1.84 bits per heavy atom. The number of imide groups is 1. The van der Waals surface area contributed by atoms with Gasteiger partial charge in [-0.05, 0) is 67.3 Å². The maximum absolute atomic E-state index is 13.1. The molecular formula is C31H31FN6O4S. The average molecular weight is 603 g/mol. The van der Waals surface area contributed by atoms with Gasteiger partial charge < -0.3 is 10.1 Å². The van der Waals surface area contributed by atoms with E-state index in [1.54, 1.807) is 18.3 Å². The first kappa shape index (κ1) is 28.7. The molecule has 1 unspecified atom stereocenters. The molecule has 6 rings (SSSR count). The molecule has 12 heteroatoms. The number of carbonyl (C=O) groups is 3. The van der Waals surface area contributed by atoms with Crippen LogP contribution in [0.1, 0.15) is 42.2 Å². The maximum Gasteiger partial charge on any atom is 0.251 e. The van der Waals surface area contributed by atoms with Crippen molar-refractivity contribution in [3.05, 3.63) is 82.4 Å². The number of nitrogens with one attached hydrogen (secondary N) is 2. The quantitative estimate of drug-likeness (QED) is 0.274. The van der Waals surface area contributed by atoms with E-state index in [9.17, 15) is 18.8 Å². The minimum absolute atomic E-state index is 0.114. The number of piperidine rings is 2. The molecule has 0 spiro atoms. The van der Waals surface area contributed by atoms with E-state index in [0.717, 1.165) is 48.6 Å². The number of benzene rings is 2. The van der Waals surface area contributed by atoms with Crippen molar-refractivity contribution in [1.82, 2.24) is 25.2 Å². The van der Waals surface area contributed by atoms with Crippen LogP contribution in [0, 0.1) is 5.82 Å². The lowest BCUT2D eigenvalue weighted by molar-refractivity contribution is -0.136. The summed E-state index contributed by atoms with van der Waals surface area (Å²) < 4.78 is 20.6. The molecule has 3 amide bonds. The molecule has 0 saturated carbocycles. The van der Waals surface area contributed by atoms with Gasteiger partial charge in [0.1, 0.15) is 29.4 Å². The number of amides is 3. The molecular weight excluding hydrogens is 571 g/mol. The number of aromatic nitrogens is 3. The zero-order chi connectivity index (χ0) is 29.8. The summed E-state index contributed by atoms with van der Waals surface area (Å²) in [5.41, 5.74) is 3.34. The van der Waals surface area contributed by atoms with Crippen LogP contribution in [0.15, 0.2) is 66.2 Å². The van der Waals surface area contributed by atoms with Crippen molar-refractivity contribution < 1.29 is 23.5 Å². The Morgan fingerprint density at radius 3 is 2.58 bits per heavy atom. The zero-order valence-electron chi connectivity index (χ0n) is 23.4. The van der Waals surface area contributed by atoms with Crippen LogP contribution < -0.4 is 15.4 Å². The predicted molar refractivity (Wildman–Crippen MR) is 159 cm³/mol. The molecule has 10 nitrogen and oxygen atoms in total. The number of carbonyl (C=O) groups excluding carboxylic acids is 3. The van der Waals surface area contributed by atoms with Crippen LogP contribution in [-0.2, 0) is 27.3 Å². The number of halogens is 1. The smallest absolute Gasteiger partial charge is 0.251 e. The summed E-state index contributed by atoms with van der Waals surface area (Å²) in [6.07, 6.45) is 4.52. The van der Waals surface area contributed by atoms with Gasteiger partial charge in [-0.15, -0.1) is 16.4 Å². The fraction of sp³-hybridized carbons (Fsp3) is 0.323. The lowest BCUT2D eigenvalue weighted by Crippen LogP contribution is -2.41. The number of hydrogen-bond donors (Lipinski definition) is 2. The molecule has 0 bridgehead atoms. The van der Waals surface area contributed by atoms with Gasteiger partial charge in [0, 0.05) is 47.6 Å². The highest BCUT2D eigenvalue weighted by atomic mass is 32.1. The molecule has 2 aliphatic rings. The monoisotopic (exact) mass is 602 g/mol. The molecule has 2 aliphatic heterocycles. The van der Waals surface area contributed by atoms with E-state index in [2.05, 4.69) is 25.8 Å². The topological polar surface area (TPSA) is 118 Å². The summed E-state index contributed by atoms with van der Waals surface area (Å²) in [5.74, 6) is -0.331. The maximum atomic E-state index is 13.1. The summed E-state index contributed by atoms with van der Waals surface area (Å²) in [6, 6.07) is 15.4. The number of hydrogen-bond acceptors (Lipinski definition) is 8. The highest BCUT2D eigenvalue weighted by molar-refractivity contribution is 7.10. The van der Waals surface area contributed by atoms with E-state index >= 15 is 0 Å². The lowest BCUT2D eigenvalue weighted by atomic mass is 10.1. The largest absolute Gasteiger partial charge is 0.490 e. The fourth-order valence-electron chi connectivity index (χ4n) is 5.31. The Kier molecular flexibility index (Phi) is 8.57. The Morgan fingerprint density at radius 1 is 1.07 bits per heavy atom. The molecule has 2 aromatic heterocycles. The van der Waals surface area contributed by atoms with Crippen LogP contribution in [0.25, 0.3) is 11.3 Å². The lowest BCUT2D eigenvalue weighted by Gasteiger charge is -2.32. The number of thiophene rings is 1. The Balaban J connectivity index is 0.954. The first-order valence-electron chi connectivity index (χ1n) is 14.2. The number of rotatable bonds is 9. The summed E-state index contributed by atoms with van der Waals surface area (Å²) in [7, 11) is 0. The second-order valence-electron chi connectivity index (χ2n) is 10.8. The SMILES string of the molecule is O=C1CCC(n2cc(-c3csc(CC(=O)Nc4ccc(CN5CCC(Oc6ccc(F)cc6)CC5)cc4)c3)nn2)C(=O)N1. The molecule has 4 heterocycles. The van der Waals surface area contributed by atoms with Crippen LogP contribution >= 0.6 is 11.3 Å². The van der Waals surface area contributed by atoms with E-state index < -0.39 is 6.04 Å². The minimum atomic E-state index is -0.560. The highest BCUT2D eigenvalue weighted by Crippen LogP contribution is 2.27. The molecule has 2 saturated heterocycles. The van der Waals surface area contributed by atoms with Crippen LogP contribution in [0.4, 0.5) is 10.1 Å². The first-order chi connectivity index (χ1) is 20.9. The molecule has 1 atom stereocenters. The van der Waals surface area contributed by atoms with Crippen molar-refractivity contribution in [3.63, 3.8) is 0 Å². The van der Waals surface area contributed by atoms with Crippen molar-refractivity contribution in [1.29, 1.82) is 0 Å². The van der Waals surface area contributed by atoms with Crippen LogP contribution in [0.3, 0.4) is 0 Å². The standard InChI is InChI=1S/C31H31FN6O4S/c32-22-3-7-24(8-4-22)42-25-11-13-37(14-12-25)17-20-1-5-23(6-2-20)33-30(40)16-26-15-21(19-43-26)27-18-38(36-35-27)28-9-10-29(39)34-31(28)41/h1-8,15,18-19,25,28H,9-14,16-17H2,(H,33,40)(H,34,39,41). The zero-order valence-corrected chi connectivity index (χ0v) is 24.2. The van der Waals surface area contributed by atoms with Gasteiger partial charge >= 0.3 is 0 Å². The number of likely N-dealkylation sites (tertiary alicyclic amines) is 1. The molecule has 222 valence electrons. The van der Waals surface area contributed by atoms with E-state index in [1.807, 2.05) is 35.7 Å². The third-order valence-electron chi connectivity index (χ3n) is 7.62. The van der Waals surface area contributed by atoms with Crippen LogP contribution in [0.5, 0.6) is 5.75 Å². The van der Waals surface area contributed by atoms with Gasteiger partial charge in [-0.1, -0.05) is 17.3 Å². The van der Waals surface area contributed by atoms with Gasteiger partial charge in [0.15, 0.2) is 0 Å². The number of anilines is 1. The van der Waals surface area contributed by atoms with Gasteiger partial charge in [0.05, 0.1) is 12.6 Å². The van der Waals surface area contributed by atoms with Gasteiger partial charge in [0.25, 0.3) is 5.91 Å². The number of ether oxygens (including phenoxy) is 1. The Labute approximate surface area is 251 Å². The van der Waals surface area contributed by atoms with Gasteiger partial charge in [-0.2, -0.15) is 0 Å². The molecule has 2 N–H and O–H groups in total. The first-order valence-corrected chi connectivity index (χ1v) is 15.1. The average Bonchev–Trinajstić information content (AvgIpc) is 3.66. The fourth-order valence-corrected chi connectivity index (χ4v) is 6.19. The second kappa shape index (κ2) is 12.8. The Hall–Kier alpha value is -4.42. The van der Waals surface area contributed by atoms with E-state index in [-0.39, 0.29) is 42.5 Å². The molecule has 0 aliphatic carbocycles. The van der Waals surface area contributed by atoms with E-state index in [4.69, 9.17) is 4.74 Å². The van der Waals surface area contributed by atoms with Crippen molar-refractivity contribution in [2.45, 2.75) is 50.8 Å². The minimum Gasteiger partial charge on any atom is -0.490 e. The van der Waals surface area contributed by atoms with Crippen molar-refractivity contribution in [3.8, 4) is 17.0 Å². The molecule has 2 aromatic carbocycles. The van der Waals surface area contributed by atoms with Gasteiger partial charge in [-0.25, -0.2) is 9.07 Å². The molecule has 0 radical (unpaired) electrons. The second-order valence-corrected chi connectivity index (χ2v) is 11.8. The van der Waals surface area contributed by atoms with Gasteiger partial charge in [0.2, 0.25) is 11.8 Å². The molecule has 2 fully saturated rings. The highest BCUT2D eigenvalue weighted by Gasteiger charge is 2.29. The van der Waals surface area contributed by atoms with Crippen molar-refractivity contribution in [2.75, 3.05) is 18.4 Å². The molecule has 43 heavy (non-hydrogen) atoms.